The summed E-state index contributed by atoms with van der Waals surface area (Å²) in [5, 5.41) is 13.0. The maximum atomic E-state index is 13.4. The van der Waals surface area contributed by atoms with E-state index < -0.39 is 48.6 Å². The largest absolute Gasteiger partial charge is 0.481 e. The molecule has 232 valence electrons. The minimum Gasteiger partial charge on any atom is -0.481 e. The first-order chi connectivity index (χ1) is 20.3. The van der Waals surface area contributed by atoms with Gasteiger partial charge in [0.25, 0.3) is 0 Å². The van der Waals surface area contributed by atoms with E-state index in [-0.39, 0.29) is 47.4 Å². The number of rotatable bonds is 8. The maximum Gasteiger partial charge on any atom is 0.416 e. The van der Waals surface area contributed by atoms with Gasteiger partial charge in [-0.1, -0.05) is 6.92 Å². The van der Waals surface area contributed by atoms with Gasteiger partial charge in [0.05, 0.1) is 54.6 Å². The van der Waals surface area contributed by atoms with Crippen LogP contribution in [0, 0.1) is 0 Å². The lowest BCUT2D eigenvalue weighted by atomic mass is 9.93. The van der Waals surface area contributed by atoms with Gasteiger partial charge < -0.3 is 19.9 Å². The number of nitrogens with one attached hydrogen (secondary N) is 1. The number of nitrogens with zero attached hydrogens (tertiary/aromatic N) is 4. The first-order valence-electron chi connectivity index (χ1n) is 13.3. The summed E-state index contributed by atoms with van der Waals surface area (Å²) in [6.07, 6.45) is -8.88. The number of benzene rings is 1. The molecule has 15 heteroatoms. The molecule has 3 heterocycles. The van der Waals surface area contributed by atoms with Gasteiger partial charge in [0.15, 0.2) is 0 Å². The molecular weight excluding hydrogens is 584 g/mol. The summed E-state index contributed by atoms with van der Waals surface area (Å²) in [6.45, 7) is 3.15. The highest BCUT2D eigenvalue weighted by Gasteiger charge is 2.39. The third-order valence-electron chi connectivity index (χ3n) is 6.93. The molecule has 1 aliphatic rings. The number of amides is 1. The van der Waals surface area contributed by atoms with Crippen LogP contribution in [0.25, 0.3) is 0 Å². The summed E-state index contributed by atoms with van der Waals surface area (Å²) in [5.41, 5.74) is -2.17. The van der Waals surface area contributed by atoms with Gasteiger partial charge in [0.2, 0.25) is 11.8 Å². The van der Waals surface area contributed by atoms with Gasteiger partial charge in [-0.05, 0) is 49.6 Å². The molecule has 43 heavy (non-hydrogen) atoms. The maximum absolute atomic E-state index is 13.4. The van der Waals surface area contributed by atoms with Crippen molar-refractivity contribution >= 4 is 17.7 Å². The first-order valence-corrected chi connectivity index (χ1v) is 13.3. The Hall–Kier alpha value is -4.14. The van der Waals surface area contributed by atoms with Crippen LogP contribution in [0.1, 0.15) is 66.4 Å². The molecule has 0 saturated heterocycles. The van der Waals surface area contributed by atoms with E-state index >= 15 is 0 Å². The fourth-order valence-corrected chi connectivity index (χ4v) is 4.89. The van der Waals surface area contributed by atoms with Crippen LogP contribution in [0.2, 0.25) is 0 Å². The number of fused-ring (bicyclic) bond motifs is 1. The van der Waals surface area contributed by atoms with E-state index in [0.29, 0.717) is 36.4 Å². The highest BCUT2D eigenvalue weighted by molar-refractivity contribution is 5.90. The standard InChI is InChI=1S/C28H29F6N5O4/c1-4-19-12-21(24-22(6-7-23(38-24)42-3)39(19)26(41)43-5-2)37-25-35-13-16(14-40)20(36-25)10-15-8-17(27(29,30)31)11-18(9-15)28(32,33)34/h6-9,11,13,19,21,40H,4-5,10,12,14H2,1-3H3,(H,35,36,37)/t19-,21+/m1/s1. The van der Waals surface area contributed by atoms with Crippen molar-refractivity contribution in [1.29, 1.82) is 0 Å². The molecule has 9 nitrogen and oxygen atoms in total. The zero-order valence-corrected chi connectivity index (χ0v) is 23.4. The second-order valence-corrected chi connectivity index (χ2v) is 9.74. The van der Waals surface area contributed by atoms with Crippen LogP contribution in [0.4, 0.5) is 42.8 Å². The third-order valence-corrected chi connectivity index (χ3v) is 6.93. The van der Waals surface area contributed by atoms with Gasteiger partial charge in [-0.2, -0.15) is 26.3 Å². The van der Waals surface area contributed by atoms with Crippen molar-refractivity contribution in [2.45, 2.75) is 64.2 Å². The summed E-state index contributed by atoms with van der Waals surface area (Å²) < 4.78 is 91.0. The second-order valence-electron chi connectivity index (χ2n) is 9.74. The Morgan fingerprint density at radius 1 is 1.07 bits per heavy atom. The third kappa shape index (κ3) is 7.09. The molecule has 1 aromatic carbocycles. The topological polar surface area (TPSA) is 110 Å². The average molecular weight is 614 g/mol. The monoisotopic (exact) mass is 613 g/mol. The van der Waals surface area contributed by atoms with Crippen molar-refractivity contribution in [3.05, 3.63) is 70.2 Å². The van der Waals surface area contributed by atoms with Crippen molar-refractivity contribution < 1.29 is 45.7 Å². The summed E-state index contributed by atoms with van der Waals surface area (Å²) in [7, 11) is 1.43. The summed E-state index contributed by atoms with van der Waals surface area (Å²) in [5.74, 6) is 0.266. The minimum absolute atomic E-state index is 0.00442. The number of carbonyl (C=O) groups excluding carboxylic acids is 1. The van der Waals surface area contributed by atoms with Crippen molar-refractivity contribution in [3.63, 3.8) is 0 Å². The van der Waals surface area contributed by atoms with Gasteiger partial charge in [0, 0.05) is 30.3 Å². The van der Waals surface area contributed by atoms with Gasteiger partial charge in [-0.15, -0.1) is 0 Å². The zero-order chi connectivity index (χ0) is 31.5. The van der Waals surface area contributed by atoms with E-state index in [1.807, 2.05) is 6.92 Å². The molecule has 4 rings (SSSR count). The number of anilines is 2. The molecule has 3 aromatic rings. The Morgan fingerprint density at radius 2 is 1.74 bits per heavy atom. The highest BCUT2D eigenvalue weighted by Crippen LogP contribution is 2.40. The number of carbonyl (C=O) groups is 1. The van der Waals surface area contributed by atoms with E-state index in [2.05, 4.69) is 20.3 Å². The molecule has 0 aliphatic carbocycles. The zero-order valence-electron chi connectivity index (χ0n) is 23.4. The van der Waals surface area contributed by atoms with Gasteiger partial charge in [-0.3, -0.25) is 4.90 Å². The Kier molecular flexibility index (Phi) is 9.32. The Labute approximate surface area is 242 Å². The normalized spacial score (nSPS) is 16.9. The summed E-state index contributed by atoms with van der Waals surface area (Å²) in [4.78, 5) is 27.4. The van der Waals surface area contributed by atoms with E-state index in [4.69, 9.17) is 9.47 Å². The number of aliphatic hydroxyl groups excluding tert-OH is 1. The van der Waals surface area contributed by atoms with E-state index in [0.717, 1.165) is 0 Å². The van der Waals surface area contributed by atoms with Crippen molar-refractivity contribution in [3.8, 4) is 5.88 Å². The van der Waals surface area contributed by atoms with Crippen molar-refractivity contribution in [1.82, 2.24) is 15.0 Å². The lowest BCUT2D eigenvalue weighted by molar-refractivity contribution is -0.143. The minimum atomic E-state index is -5.01. The SMILES string of the molecule is CCOC(=O)N1c2ccc(OC)nc2[C@@H](Nc2ncc(CO)c(Cc3cc(C(F)(F)F)cc(C(F)(F)F)c3)n2)C[C@H]1CC. The van der Waals surface area contributed by atoms with E-state index in [9.17, 15) is 36.2 Å². The number of alkyl halides is 6. The smallest absolute Gasteiger partial charge is 0.416 e. The Morgan fingerprint density at radius 3 is 2.30 bits per heavy atom. The van der Waals surface area contributed by atoms with E-state index in [1.54, 1.807) is 19.1 Å². The summed E-state index contributed by atoms with van der Waals surface area (Å²) >= 11 is 0. The quantitative estimate of drug-likeness (QED) is 0.285. The van der Waals surface area contributed by atoms with Gasteiger partial charge in [-0.25, -0.2) is 19.7 Å². The lowest BCUT2D eigenvalue weighted by Crippen LogP contribution is -2.46. The number of aliphatic hydroxyl groups is 1. The number of ether oxygens (including phenoxy) is 2. The number of hydrogen-bond donors (Lipinski definition) is 2. The van der Waals surface area contributed by atoms with E-state index in [1.165, 1.54) is 18.2 Å². The predicted octanol–water partition coefficient (Wildman–Crippen LogP) is 6.30. The molecule has 0 spiro atoms. The highest BCUT2D eigenvalue weighted by atomic mass is 19.4. The van der Waals surface area contributed by atoms with Gasteiger partial charge >= 0.3 is 18.4 Å². The number of methoxy groups -OCH3 is 1. The van der Waals surface area contributed by atoms with Crippen LogP contribution >= 0.6 is 0 Å². The van der Waals surface area contributed by atoms with Crippen LogP contribution in [0.5, 0.6) is 5.88 Å². The Bertz CT molecular complexity index is 1430. The van der Waals surface area contributed by atoms with Crippen molar-refractivity contribution in [2.24, 2.45) is 0 Å². The van der Waals surface area contributed by atoms with Crippen LogP contribution < -0.4 is 15.0 Å². The van der Waals surface area contributed by atoms with Crippen LogP contribution in [-0.4, -0.2) is 45.9 Å². The molecule has 0 bridgehead atoms. The fraction of sp³-hybridized carbons (Fsp3) is 0.429. The molecule has 0 unspecified atom stereocenters. The molecule has 1 aliphatic heterocycles. The number of halogens is 6. The number of pyridine rings is 1. The predicted molar refractivity (Wildman–Crippen MR) is 143 cm³/mol. The number of aromatic nitrogens is 3. The molecule has 0 saturated carbocycles. The average Bonchev–Trinajstić information content (AvgIpc) is 2.95. The molecule has 2 atom stereocenters. The summed E-state index contributed by atoms with van der Waals surface area (Å²) in [6, 6.07) is 3.66. The molecular formula is C28H29F6N5O4. The molecule has 1 amide bonds. The van der Waals surface area contributed by atoms with Crippen LogP contribution in [0.15, 0.2) is 36.5 Å². The Balaban J connectivity index is 1.72. The van der Waals surface area contributed by atoms with Crippen LogP contribution in [-0.2, 0) is 30.1 Å². The molecule has 0 fully saturated rings. The fourth-order valence-electron chi connectivity index (χ4n) is 4.89. The first kappa shape index (κ1) is 31.8. The molecule has 2 aromatic heterocycles. The molecule has 2 N–H and O–H groups in total. The number of hydrogen-bond acceptors (Lipinski definition) is 8. The van der Waals surface area contributed by atoms with Gasteiger partial charge in [0.1, 0.15) is 0 Å². The lowest BCUT2D eigenvalue weighted by Gasteiger charge is -2.39. The second kappa shape index (κ2) is 12.6. The molecule has 0 radical (unpaired) electrons. The van der Waals surface area contributed by atoms with Crippen LogP contribution in [0.3, 0.4) is 0 Å². The van der Waals surface area contributed by atoms with Crippen molar-refractivity contribution in [2.75, 3.05) is 23.9 Å².